The van der Waals surface area contributed by atoms with Gasteiger partial charge in [0, 0.05) is 17.7 Å². The molecule has 0 aromatic heterocycles. The lowest BCUT2D eigenvalue weighted by atomic mass is 10.5. The molecule has 1 amide bonds. The molecule has 1 N–H and O–H groups in total. The normalized spacial score (nSPS) is 28.1. The van der Waals surface area contributed by atoms with Crippen LogP contribution in [0.4, 0.5) is 4.79 Å². The third-order valence-corrected chi connectivity index (χ3v) is 2.50. The number of amides is 1. The third kappa shape index (κ3) is 1.29. The molecule has 4 heteroatoms. The molecule has 0 aliphatic carbocycles. The Morgan fingerprint density at radius 3 is 3.00 bits per heavy atom. The van der Waals surface area contributed by atoms with Crippen LogP contribution in [0.5, 0.6) is 0 Å². The molecular weight excluding hydrogens is 146 g/mol. The summed E-state index contributed by atoms with van der Waals surface area (Å²) in [4.78, 5) is 10.4. The second-order valence-corrected chi connectivity index (χ2v) is 3.14. The zero-order chi connectivity index (χ0) is 5.98. The second-order valence-electron chi connectivity index (χ2n) is 1.56. The molecule has 1 saturated heterocycles. The summed E-state index contributed by atoms with van der Waals surface area (Å²) in [5.74, 6) is 0.559. The standard InChI is InChI=1S/C4H6ClNOS/c5-1-3-2-6-4(7)8-3/h3H,1-2H2,(H,6,7). The highest BCUT2D eigenvalue weighted by Gasteiger charge is 2.20. The van der Waals surface area contributed by atoms with Crippen LogP contribution in [0.3, 0.4) is 0 Å². The number of rotatable bonds is 1. The SMILES string of the molecule is O=C1NCC(CCl)S1. The molecule has 1 aliphatic heterocycles. The Hall–Kier alpha value is 0.110. The first-order chi connectivity index (χ1) is 3.83. The van der Waals surface area contributed by atoms with E-state index in [4.69, 9.17) is 11.6 Å². The quantitative estimate of drug-likeness (QED) is 0.568. The van der Waals surface area contributed by atoms with E-state index in [0.717, 1.165) is 6.54 Å². The largest absolute Gasteiger partial charge is 0.346 e. The lowest BCUT2D eigenvalue weighted by Gasteiger charge is -1.94. The van der Waals surface area contributed by atoms with Crippen LogP contribution < -0.4 is 5.32 Å². The van der Waals surface area contributed by atoms with Crippen molar-refractivity contribution in [2.24, 2.45) is 0 Å². The van der Waals surface area contributed by atoms with Gasteiger partial charge in [0.1, 0.15) is 0 Å². The summed E-state index contributed by atoms with van der Waals surface area (Å²) in [6, 6.07) is 0. The minimum Gasteiger partial charge on any atom is -0.346 e. The fourth-order valence-corrected chi connectivity index (χ4v) is 1.52. The predicted molar refractivity (Wildman–Crippen MR) is 35.5 cm³/mol. The number of nitrogens with one attached hydrogen (secondary N) is 1. The smallest absolute Gasteiger partial charge is 0.279 e. The highest BCUT2D eigenvalue weighted by Crippen LogP contribution is 2.17. The molecule has 46 valence electrons. The highest BCUT2D eigenvalue weighted by atomic mass is 35.5. The van der Waals surface area contributed by atoms with E-state index in [1.165, 1.54) is 11.8 Å². The topological polar surface area (TPSA) is 29.1 Å². The van der Waals surface area contributed by atoms with Crippen molar-refractivity contribution < 1.29 is 4.79 Å². The second kappa shape index (κ2) is 2.60. The van der Waals surface area contributed by atoms with E-state index in [-0.39, 0.29) is 5.24 Å². The van der Waals surface area contributed by atoms with Gasteiger partial charge in [0.15, 0.2) is 0 Å². The van der Waals surface area contributed by atoms with Crippen molar-refractivity contribution in [3.05, 3.63) is 0 Å². The number of carbonyl (C=O) groups excluding carboxylic acids is 1. The summed E-state index contributed by atoms with van der Waals surface area (Å²) < 4.78 is 0. The molecule has 0 spiro atoms. The van der Waals surface area contributed by atoms with Gasteiger partial charge in [-0.1, -0.05) is 11.8 Å². The molecule has 1 heterocycles. The molecule has 0 aromatic rings. The van der Waals surface area contributed by atoms with Crippen LogP contribution in [0.15, 0.2) is 0 Å². The minimum absolute atomic E-state index is 0.0515. The van der Waals surface area contributed by atoms with Crippen LogP contribution in [0.1, 0.15) is 0 Å². The van der Waals surface area contributed by atoms with E-state index in [9.17, 15) is 4.79 Å². The third-order valence-electron chi connectivity index (χ3n) is 0.920. The maximum atomic E-state index is 10.4. The molecule has 1 aliphatic rings. The highest BCUT2D eigenvalue weighted by molar-refractivity contribution is 8.14. The molecular formula is C4H6ClNOS. The molecule has 1 fully saturated rings. The van der Waals surface area contributed by atoms with Crippen molar-refractivity contribution in [2.45, 2.75) is 5.25 Å². The van der Waals surface area contributed by atoms with Gasteiger partial charge in [-0.2, -0.15) is 0 Å². The molecule has 0 bridgehead atoms. The van der Waals surface area contributed by atoms with E-state index >= 15 is 0 Å². The maximum absolute atomic E-state index is 10.4. The zero-order valence-electron chi connectivity index (χ0n) is 4.19. The van der Waals surface area contributed by atoms with E-state index in [2.05, 4.69) is 5.32 Å². The first kappa shape index (κ1) is 6.23. The van der Waals surface area contributed by atoms with Crippen LogP contribution in [0, 0.1) is 0 Å². The van der Waals surface area contributed by atoms with Gasteiger partial charge in [-0.15, -0.1) is 11.6 Å². The summed E-state index contributed by atoms with van der Waals surface area (Å²) in [5, 5.41) is 3.01. The lowest BCUT2D eigenvalue weighted by Crippen LogP contribution is -2.15. The van der Waals surface area contributed by atoms with E-state index in [1.807, 2.05) is 0 Å². The van der Waals surface area contributed by atoms with E-state index in [0.29, 0.717) is 11.1 Å². The molecule has 1 atom stereocenters. The number of carbonyl (C=O) groups is 1. The van der Waals surface area contributed by atoms with Gasteiger partial charge in [0.05, 0.1) is 0 Å². The van der Waals surface area contributed by atoms with Gasteiger partial charge in [-0.05, 0) is 0 Å². The summed E-state index contributed by atoms with van der Waals surface area (Å²) in [6.45, 7) is 0.729. The van der Waals surface area contributed by atoms with Gasteiger partial charge in [-0.25, -0.2) is 0 Å². The molecule has 1 rings (SSSR count). The summed E-state index contributed by atoms with van der Waals surface area (Å²) in [5.41, 5.74) is 0. The lowest BCUT2D eigenvalue weighted by molar-refractivity contribution is 0.262. The number of hydrogen-bond acceptors (Lipinski definition) is 2. The van der Waals surface area contributed by atoms with Crippen molar-refractivity contribution in [3.8, 4) is 0 Å². The molecule has 1 unspecified atom stereocenters. The average molecular weight is 152 g/mol. The van der Waals surface area contributed by atoms with E-state index in [1.54, 1.807) is 0 Å². The molecule has 2 nitrogen and oxygen atoms in total. The Morgan fingerprint density at radius 1 is 2.00 bits per heavy atom. The van der Waals surface area contributed by atoms with Crippen molar-refractivity contribution >= 4 is 28.6 Å². The minimum atomic E-state index is 0.0515. The Balaban J connectivity index is 2.32. The zero-order valence-corrected chi connectivity index (χ0v) is 5.76. The summed E-state index contributed by atoms with van der Waals surface area (Å²) in [6.07, 6.45) is 0. The Bertz CT molecular complexity index is 108. The molecule has 0 radical (unpaired) electrons. The van der Waals surface area contributed by atoms with Gasteiger partial charge in [0.25, 0.3) is 5.24 Å². The van der Waals surface area contributed by atoms with Crippen LogP contribution in [0.25, 0.3) is 0 Å². The number of halogens is 1. The summed E-state index contributed by atoms with van der Waals surface area (Å²) in [7, 11) is 0. The fourth-order valence-electron chi connectivity index (χ4n) is 0.518. The summed E-state index contributed by atoms with van der Waals surface area (Å²) >= 11 is 6.74. The fraction of sp³-hybridized carbons (Fsp3) is 0.750. The molecule has 8 heavy (non-hydrogen) atoms. The average Bonchev–Trinajstić information content (AvgIpc) is 2.14. The Labute approximate surface area is 57.0 Å². The van der Waals surface area contributed by atoms with Gasteiger partial charge < -0.3 is 5.32 Å². The van der Waals surface area contributed by atoms with Gasteiger partial charge in [0.2, 0.25) is 0 Å². The Morgan fingerprint density at radius 2 is 2.75 bits per heavy atom. The van der Waals surface area contributed by atoms with Crippen molar-refractivity contribution in [1.82, 2.24) is 5.32 Å². The number of hydrogen-bond donors (Lipinski definition) is 1. The van der Waals surface area contributed by atoms with Gasteiger partial charge in [-0.3, -0.25) is 4.79 Å². The first-order valence-electron chi connectivity index (χ1n) is 2.33. The Kier molecular flexibility index (Phi) is 2.02. The van der Waals surface area contributed by atoms with Gasteiger partial charge >= 0.3 is 0 Å². The predicted octanol–water partition coefficient (Wildman–Crippen LogP) is 1.05. The van der Waals surface area contributed by atoms with Crippen LogP contribution in [-0.2, 0) is 0 Å². The van der Waals surface area contributed by atoms with Crippen molar-refractivity contribution in [1.29, 1.82) is 0 Å². The van der Waals surface area contributed by atoms with Crippen LogP contribution in [0.2, 0.25) is 0 Å². The maximum Gasteiger partial charge on any atom is 0.279 e. The monoisotopic (exact) mass is 151 g/mol. The van der Waals surface area contributed by atoms with Crippen molar-refractivity contribution in [3.63, 3.8) is 0 Å². The van der Waals surface area contributed by atoms with E-state index < -0.39 is 0 Å². The van der Waals surface area contributed by atoms with Crippen molar-refractivity contribution in [2.75, 3.05) is 12.4 Å². The van der Waals surface area contributed by atoms with Crippen LogP contribution in [-0.4, -0.2) is 22.9 Å². The number of alkyl halides is 1. The number of thioether (sulfide) groups is 1. The first-order valence-corrected chi connectivity index (χ1v) is 3.75. The molecule has 0 aromatic carbocycles. The van der Waals surface area contributed by atoms with Crippen LogP contribution >= 0.6 is 23.4 Å². The molecule has 0 saturated carbocycles.